The highest BCUT2D eigenvalue weighted by Crippen LogP contribution is 2.14. The van der Waals surface area contributed by atoms with Crippen molar-refractivity contribution in [2.24, 2.45) is 0 Å². The lowest BCUT2D eigenvalue weighted by atomic mass is 10.2. The maximum Gasteiger partial charge on any atom is 0.337 e. The lowest BCUT2D eigenvalue weighted by Crippen LogP contribution is -2.42. The van der Waals surface area contributed by atoms with E-state index in [1.165, 1.54) is 12.1 Å². The lowest BCUT2D eigenvalue weighted by molar-refractivity contribution is -0.384. The van der Waals surface area contributed by atoms with E-state index in [4.69, 9.17) is 17.0 Å². The molecule has 0 fully saturated rings. The van der Waals surface area contributed by atoms with E-state index >= 15 is 0 Å². The van der Waals surface area contributed by atoms with E-state index < -0.39 is 10.9 Å². The molecule has 0 aliphatic carbocycles. The number of nitro groups is 1. The highest BCUT2D eigenvalue weighted by molar-refractivity contribution is 7.80. The number of carbonyl (C=O) groups excluding carboxylic acids is 1. The van der Waals surface area contributed by atoms with Gasteiger partial charge in [-0.2, -0.15) is 0 Å². The van der Waals surface area contributed by atoms with E-state index in [1.54, 1.807) is 19.1 Å². The normalized spacial score (nSPS) is 14.2. The Morgan fingerprint density at radius 3 is 2.67 bits per heavy atom. The molecule has 0 aromatic heterocycles. The van der Waals surface area contributed by atoms with Gasteiger partial charge in [0.15, 0.2) is 5.11 Å². The fourth-order valence-corrected chi connectivity index (χ4v) is 1.99. The Hall–Kier alpha value is -2.48. The summed E-state index contributed by atoms with van der Waals surface area (Å²) >= 11 is 4.93. The van der Waals surface area contributed by atoms with Crippen molar-refractivity contribution in [1.82, 2.24) is 10.6 Å². The minimum absolute atomic E-state index is 0.00202. The van der Waals surface area contributed by atoms with Crippen LogP contribution in [0.3, 0.4) is 0 Å². The molecule has 1 aromatic rings. The summed E-state index contributed by atoms with van der Waals surface area (Å²) in [5.74, 6) is -0.451. The SMILES string of the molecule is CC1=C(C(=O)OCc2ccc([N+](=O)[O-])cc2)CNC(=S)N1. The van der Waals surface area contributed by atoms with E-state index in [2.05, 4.69) is 10.6 Å². The third kappa shape index (κ3) is 3.76. The maximum atomic E-state index is 12.0. The molecule has 0 amide bonds. The topological polar surface area (TPSA) is 93.5 Å². The molecule has 110 valence electrons. The largest absolute Gasteiger partial charge is 0.457 e. The van der Waals surface area contributed by atoms with Crippen LogP contribution in [-0.4, -0.2) is 22.5 Å². The number of thiocarbonyl (C=S) groups is 1. The molecule has 0 radical (unpaired) electrons. The van der Waals surface area contributed by atoms with E-state index in [9.17, 15) is 14.9 Å². The lowest BCUT2D eigenvalue weighted by Gasteiger charge is -2.20. The summed E-state index contributed by atoms with van der Waals surface area (Å²) in [6.45, 7) is 2.12. The van der Waals surface area contributed by atoms with Gasteiger partial charge >= 0.3 is 5.97 Å². The van der Waals surface area contributed by atoms with Gasteiger partial charge in [0.05, 0.1) is 17.0 Å². The van der Waals surface area contributed by atoms with Gasteiger partial charge in [0, 0.05) is 17.8 Å². The number of nitro benzene ring substituents is 1. The van der Waals surface area contributed by atoms with Crippen molar-refractivity contribution >= 4 is 29.0 Å². The van der Waals surface area contributed by atoms with Crippen LogP contribution in [0.1, 0.15) is 12.5 Å². The van der Waals surface area contributed by atoms with Crippen LogP contribution in [0.15, 0.2) is 35.5 Å². The molecule has 0 saturated heterocycles. The summed E-state index contributed by atoms with van der Waals surface area (Å²) in [7, 11) is 0. The summed E-state index contributed by atoms with van der Waals surface area (Å²) in [6.07, 6.45) is 0. The Labute approximate surface area is 126 Å². The summed E-state index contributed by atoms with van der Waals surface area (Å²) in [6, 6.07) is 5.85. The van der Waals surface area contributed by atoms with Crippen molar-refractivity contribution < 1.29 is 14.5 Å². The molecule has 0 saturated carbocycles. The van der Waals surface area contributed by atoms with E-state index in [-0.39, 0.29) is 12.3 Å². The second kappa shape index (κ2) is 6.31. The highest BCUT2D eigenvalue weighted by Gasteiger charge is 2.19. The molecule has 1 aliphatic rings. The van der Waals surface area contributed by atoms with Crippen molar-refractivity contribution in [3.05, 3.63) is 51.2 Å². The van der Waals surface area contributed by atoms with Crippen LogP contribution in [0, 0.1) is 10.1 Å². The Morgan fingerprint density at radius 1 is 1.43 bits per heavy atom. The summed E-state index contributed by atoms with van der Waals surface area (Å²) in [4.78, 5) is 22.0. The number of nitrogens with one attached hydrogen (secondary N) is 2. The van der Waals surface area contributed by atoms with Crippen LogP contribution in [0.25, 0.3) is 0 Å². The van der Waals surface area contributed by atoms with Crippen LogP contribution in [0.4, 0.5) is 5.69 Å². The predicted molar refractivity (Wildman–Crippen MR) is 79.3 cm³/mol. The first-order chi connectivity index (χ1) is 9.97. The van der Waals surface area contributed by atoms with Gasteiger partial charge in [-0.05, 0) is 36.8 Å². The van der Waals surface area contributed by atoms with Crippen molar-refractivity contribution in [2.45, 2.75) is 13.5 Å². The summed E-state index contributed by atoms with van der Waals surface area (Å²) in [5, 5.41) is 16.7. The molecule has 21 heavy (non-hydrogen) atoms. The molecule has 8 heteroatoms. The zero-order valence-electron chi connectivity index (χ0n) is 11.2. The van der Waals surface area contributed by atoms with Gasteiger partial charge in [-0.1, -0.05) is 0 Å². The molecule has 1 heterocycles. The van der Waals surface area contributed by atoms with E-state index in [1.807, 2.05) is 0 Å². The molecule has 2 N–H and O–H groups in total. The van der Waals surface area contributed by atoms with Crippen LogP contribution >= 0.6 is 12.2 Å². The maximum absolute atomic E-state index is 12.0. The van der Waals surface area contributed by atoms with Gasteiger partial charge in [-0.3, -0.25) is 10.1 Å². The first-order valence-electron chi connectivity index (χ1n) is 6.12. The average molecular weight is 307 g/mol. The molecule has 0 bridgehead atoms. The fraction of sp³-hybridized carbons (Fsp3) is 0.231. The van der Waals surface area contributed by atoms with E-state index in [0.29, 0.717) is 28.5 Å². The van der Waals surface area contributed by atoms with Crippen molar-refractivity contribution in [2.75, 3.05) is 6.54 Å². The smallest absolute Gasteiger partial charge is 0.337 e. The minimum Gasteiger partial charge on any atom is -0.457 e. The number of esters is 1. The summed E-state index contributed by atoms with van der Waals surface area (Å²) < 4.78 is 5.18. The van der Waals surface area contributed by atoms with Crippen molar-refractivity contribution in [1.29, 1.82) is 0 Å². The molecular formula is C13H13N3O4S. The van der Waals surface area contributed by atoms with Gasteiger partial charge in [-0.25, -0.2) is 4.79 Å². The monoisotopic (exact) mass is 307 g/mol. The van der Waals surface area contributed by atoms with Gasteiger partial charge < -0.3 is 15.4 Å². The van der Waals surface area contributed by atoms with Gasteiger partial charge in [0.1, 0.15) is 6.61 Å². The molecule has 7 nitrogen and oxygen atoms in total. The first-order valence-corrected chi connectivity index (χ1v) is 6.53. The Kier molecular flexibility index (Phi) is 4.49. The number of hydrogen-bond donors (Lipinski definition) is 2. The molecule has 1 aliphatic heterocycles. The molecule has 2 rings (SSSR count). The predicted octanol–water partition coefficient (Wildman–Crippen LogP) is 1.39. The number of carbonyl (C=O) groups is 1. The third-order valence-corrected chi connectivity index (χ3v) is 3.19. The van der Waals surface area contributed by atoms with Crippen LogP contribution < -0.4 is 10.6 Å². The number of allylic oxidation sites excluding steroid dienone is 1. The average Bonchev–Trinajstić information content (AvgIpc) is 2.45. The van der Waals surface area contributed by atoms with Crippen LogP contribution in [-0.2, 0) is 16.1 Å². The number of nitrogens with zero attached hydrogens (tertiary/aromatic N) is 1. The van der Waals surface area contributed by atoms with Gasteiger partial charge in [-0.15, -0.1) is 0 Å². The molecule has 0 atom stereocenters. The number of non-ortho nitro benzene ring substituents is 1. The van der Waals surface area contributed by atoms with Gasteiger partial charge in [0.25, 0.3) is 5.69 Å². The minimum atomic E-state index is -0.480. The van der Waals surface area contributed by atoms with Crippen LogP contribution in [0.2, 0.25) is 0 Å². The number of rotatable bonds is 4. The number of benzene rings is 1. The number of hydrogen-bond acceptors (Lipinski definition) is 5. The second-order valence-electron chi connectivity index (χ2n) is 4.41. The molecule has 0 unspecified atom stereocenters. The third-order valence-electron chi connectivity index (χ3n) is 2.94. The quantitative estimate of drug-likeness (QED) is 0.376. The van der Waals surface area contributed by atoms with Crippen molar-refractivity contribution in [3.8, 4) is 0 Å². The zero-order valence-corrected chi connectivity index (χ0v) is 12.0. The Balaban J connectivity index is 1.96. The van der Waals surface area contributed by atoms with Crippen LogP contribution in [0.5, 0.6) is 0 Å². The zero-order chi connectivity index (χ0) is 15.4. The van der Waals surface area contributed by atoms with Crippen molar-refractivity contribution in [3.63, 3.8) is 0 Å². The van der Waals surface area contributed by atoms with E-state index in [0.717, 1.165) is 0 Å². The fourth-order valence-electron chi connectivity index (χ4n) is 1.77. The Morgan fingerprint density at radius 2 is 2.10 bits per heavy atom. The Bertz CT molecular complexity index is 625. The molecule has 1 aromatic carbocycles. The summed E-state index contributed by atoms with van der Waals surface area (Å²) in [5.41, 5.74) is 1.82. The van der Waals surface area contributed by atoms with Gasteiger partial charge in [0.2, 0.25) is 0 Å². The highest BCUT2D eigenvalue weighted by atomic mass is 32.1. The second-order valence-corrected chi connectivity index (χ2v) is 4.82. The standard InChI is InChI=1S/C13H13N3O4S/c1-8-11(6-14-13(21)15-8)12(17)20-7-9-2-4-10(5-3-9)16(18)19/h2-5H,6-7H2,1H3,(H2,14,15,21). The molecular weight excluding hydrogens is 294 g/mol. The first kappa shape index (κ1) is 14.9. The number of ether oxygens (including phenoxy) is 1. The molecule has 0 spiro atoms.